The first kappa shape index (κ1) is 13.6. The average Bonchev–Trinajstić information content (AvgIpc) is 2.25. The molecular weight excluding hydrogens is 242 g/mol. The Morgan fingerprint density at radius 2 is 2.00 bits per heavy atom. The maximum Gasteiger partial charge on any atom is 0.282 e. The predicted molar refractivity (Wildman–Crippen MR) is 51.9 cm³/mol. The molecule has 0 amide bonds. The number of anilines is 1. The van der Waals surface area contributed by atoms with E-state index >= 15 is 0 Å². The molecule has 17 heavy (non-hydrogen) atoms. The SMILES string of the molecule is Nc1cnc(CCOCC(F)F)nc1C(F)F. The topological polar surface area (TPSA) is 61.0 Å². The fraction of sp³-hybridized carbons (Fsp3) is 0.556. The minimum Gasteiger partial charge on any atom is -0.396 e. The Labute approximate surface area is 94.8 Å². The smallest absolute Gasteiger partial charge is 0.282 e. The molecule has 0 aromatic carbocycles. The normalized spacial score (nSPS) is 11.4. The first-order valence-electron chi connectivity index (χ1n) is 4.76. The minimum atomic E-state index is -2.79. The van der Waals surface area contributed by atoms with Crippen LogP contribution in [0, 0.1) is 0 Å². The molecule has 0 aliphatic carbocycles. The lowest BCUT2D eigenvalue weighted by Gasteiger charge is -2.06. The Morgan fingerprint density at radius 1 is 1.29 bits per heavy atom. The molecule has 0 spiro atoms. The second-order valence-electron chi connectivity index (χ2n) is 3.14. The third-order valence-electron chi connectivity index (χ3n) is 1.82. The highest BCUT2D eigenvalue weighted by atomic mass is 19.3. The van der Waals surface area contributed by atoms with Gasteiger partial charge in [0.1, 0.15) is 18.1 Å². The Balaban J connectivity index is 2.51. The summed E-state index contributed by atoms with van der Waals surface area (Å²) in [5, 5.41) is 0. The van der Waals surface area contributed by atoms with Crippen molar-refractivity contribution in [3.8, 4) is 0 Å². The maximum atomic E-state index is 12.4. The van der Waals surface area contributed by atoms with Crippen LogP contribution in [0.15, 0.2) is 6.20 Å². The standard InChI is InChI=1S/C9H11F4N3O/c10-6(11)4-17-2-1-7-15-3-5(14)8(16-7)9(12)13/h3,6,9H,1-2,4,14H2. The van der Waals surface area contributed by atoms with E-state index in [-0.39, 0.29) is 24.5 Å². The molecule has 0 aliphatic rings. The molecule has 0 unspecified atom stereocenters. The van der Waals surface area contributed by atoms with E-state index in [4.69, 9.17) is 5.73 Å². The van der Waals surface area contributed by atoms with Gasteiger partial charge >= 0.3 is 0 Å². The van der Waals surface area contributed by atoms with Gasteiger partial charge in [-0.25, -0.2) is 27.5 Å². The Morgan fingerprint density at radius 3 is 2.59 bits per heavy atom. The van der Waals surface area contributed by atoms with E-state index in [0.29, 0.717) is 0 Å². The van der Waals surface area contributed by atoms with Gasteiger partial charge in [0.25, 0.3) is 12.9 Å². The highest BCUT2D eigenvalue weighted by molar-refractivity contribution is 5.40. The van der Waals surface area contributed by atoms with Gasteiger partial charge in [-0.3, -0.25) is 0 Å². The second kappa shape index (κ2) is 6.33. The van der Waals surface area contributed by atoms with Gasteiger partial charge in [0.05, 0.1) is 18.5 Å². The Bertz CT molecular complexity index is 362. The van der Waals surface area contributed by atoms with Crippen molar-refractivity contribution in [3.63, 3.8) is 0 Å². The van der Waals surface area contributed by atoms with Gasteiger partial charge in [-0.15, -0.1) is 0 Å². The van der Waals surface area contributed by atoms with Crippen molar-refractivity contribution >= 4 is 5.69 Å². The fourth-order valence-corrected chi connectivity index (χ4v) is 1.07. The Kier molecular flexibility index (Phi) is 5.08. The highest BCUT2D eigenvalue weighted by Crippen LogP contribution is 2.21. The third-order valence-corrected chi connectivity index (χ3v) is 1.82. The lowest BCUT2D eigenvalue weighted by molar-refractivity contribution is 0.0182. The summed E-state index contributed by atoms with van der Waals surface area (Å²) in [6, 6.07) is 0. The van der Waals surface area contributed by atoms with Gasteiger partial charge in [0.2, 0.25) is 0 Å². The molecule has 8 heteroatoms. The van der Waals surface area contributed by atoms with Crippen molar-refractivity contribution in [2.45, 2.75) is 19.3 Å². The molecule has 2 N–H and O–H groups in total. The summed E-state index contributed by atoms with van der Waals surface area (Å²) in [4.78, 5) is 7.24. The number of halogens is 4. The molecule has 0 saturated heterocycles. The van der Waals surface area contributed by atoms with Crippen LogP contribution in [0.3, 0.4) is 0 Å². The van der Waals surface area contributed by atoms with Crippen LogP contribution in [0.5, 0.6) is 0 Å². The van der Waals surface area contributed by atoms with Crippen LogP contribution in [0.25, 0.3) is 0 Å². The molecule has 0 atom stereocenters. The van der Waals surface area contributed by atoms with Crippen molar-refractivity contribution in [1.29, 1.82) is 0 Å². The molecule has 1 heterocycles. The number of rotatable bonds is 6. The highest BCUT2D eigenvalue weighted by Gasteiger charge is 2.14. The average molecular weight is 253 g/mol. The summed E-state index contributed by atoms with van der Waals surface area (Å²) in [5.74, 6) is 0.0868. The molecule has 1 aromatic heterocycles. The first-order chi connectivity index (χ1) is 8.00. The molecule has 0 aliphatic heterocycles. The number of alkyl halides is 4. The van der Waals surface area contributed by atoms with Gasteiger partial charge in [0, 0.05) is 6.42 Å². The molecule has 1 rings (SSSR count). The van der Waals surface area contributed by atoms with Crippen molar-refractivity contribution in [1.82, 2.24) is 9.97 Å². The summed E-state index contributed by atoms with van der Waals surface area (Å²) in [5.41, 5.74) is 4.50. The maximum absolute atomic E-state index is 12.4. The van der Waals surface area contributed by atoms with Gasteiger partial charge in [-0.1, -0.05) is 0 Å². The van der Waals surface area contributed by atoms with Gasteiger partial charge in [-0.05, 0) is 0 Å². The van der Waals surface area contributed by atoms with E-state index in [2.05, 4.69) is 14.7 Å². The summed E-state index contributed by atoms with van der Waals surface area (Å²) in [6.45, 7) is -0.756. The molecule has 0 fully saturated rings. The van der Waals surface area contributed by atoms with Crippen LogP contribution in [0.2, 0.25) is 0 Å². The molecule has 1 aromatic rings. The number of ether oxygens (including phenoxy) is 1. The number of hydrogen-bond acceptors (Lipinski definition) is 4. The zero-order valence-corrected chi connectivity index (χ0v) is 8.75. The van der Waals surface area contributed by atoms with Gasteiger partial charge in [-0.2, -0.15) is 0 Å². The summed E-state index contributed by atoms with van der Waals surface area (Å²) in [7, 11) is 0. The lowest BCUT2D eigenvalue weighted by atomic mass is 10.3. The lowest BCUT2D eigenvalue weighted by Crippen LogP contribution is -2.10. The first-order valence-corrected chi connectivity index (χ1v) is 4.76. The Hall–Kier alpha value is -1.44. The van der Waals surface area contributed by atoms with Crippen molar-refractivity contribution in [2.24, 2.45) is 0 Å². The molecule has 96 valence electrons. The predicted octanol–water partition coefficient (Wildman–Crippen LogP) is 1.82. The molecule has 0 saturated carbocycles. The zero-order chi connectivity index (χ0) is 12.8. The van der Waals surface area contributed by atoms with Crippen LogP contribution < -0.4 is 5.73 Å². The summed E-state index contributed by atoms with van der Waals surface area (Å²) < 4.78 is 52.8. The molecule has 0 bridgehead atoms. The van der Waals surface area contributed by atoms with Crippen molar-refractivity contribution < 1.29 is 22.3 Å². The van der Waals surface area contributed by atoms with E-state index in [1.165, 1.54) is 0 Å². The van der Waals surface area contributed by atoms with Crippen LogP contribution >= 0.6 is 0 Å². The van der Waals surface area contributed by atoms with Crippen LogP contribution in [-0.2, 0) is 11.2 Å². The van der Waals surface area contributed by atoms with Crippen LogP contribution in [0.1, 0.15) is 17.9 Å². The zero-order valence-electron chi connectivity index (χ0n) is 8.75. The number of nitrogen functional groups attached to an aromatic ring is 1. The largest absolute Gasteiger partial charge is 0.396 e. The third kappa shape index (κ3) is 4.51. The monoisotopic (exact) mass is 253 g/mol. The number of hydrogen-bond donors (Lipinski definition) is 1. The van der Waals surface area contributed by atoms with Crippen molar-refractivity contribution in [3.05, 3.63) is 17.7 Å². The number of nitrogens with zero attached hydrogens (tertiary/aromatic N) is 2. The van der Waals surface area contributed by atoms with Gasteiger partial charge < -0.3 is 10.5 Å². The van der Waals surface area contributed by atoms with Gasteiger partial charge in [0.15, 0.2) is 0 Å². The fourth-order valence-electron chi connectivity index (χ4n) is 1.07. The van der Waals surface area contributed by atoms with Crippen LogP contribution in [-0.4, -0.2) is 29.6 Å². The number of nitrogens with two attached hydrogens (primary N) is 1. The van der Waals surface area contributed by atoms with E-state index in [1.54, 1.807) is 0 Å². The quantitative estimate of drug-likeness (QED) is 0.620. The minimum absolute atomic E-state index is 0.0586. The summed E-state index contributed by atoms with van der Waals surface area (Å²) in [6.07, 6.45) is -4.21. The molecule has 4 nitrogen and oxygen atoms in total. The molecular formula is C9H11F4N3O. The van der Waals surface area contributed by atoms with E-state index < -0.39 is 25.2 Å². The van der Waals surface area contributed by atoms with E-state index in [0.717, 1.165) is 6.20 Å². The van der Waals surface area contributed by atoms with Crippen LogP contribution in [0.4, 0.5) is 23.2 Å². The van der Waals surface area contributed by atoms with E-state index in [9.17, 15) is 17.6 Å². The molecule has 0 radical (unpaired) electrons. The summed E-state index contributed by atoms with van der Waals surface area (Å²) >= 11 is 0. The second-order valence-corrected chi connectivity index (χ2v) is 3.14. The number of aromatic nitrogens is 2. The van der Waals surface area contributed by atoms with E-state index in [1.807, 2.05) is 0 Å². The van der Waals surface area contributed by atoms with Crippen molar-refractivity contribution in [2.75, 3.05) is 18.9 Å².